The number of rotatable bonds is 9. The number of benzene rings is 1. The molecule has 180 valence electrons. The van der Waals surface area contributed by atoms with Crippen molar-refractivity contribution < 1.29 is 14.6 Å². The molecule has 3 rings (SSSR count). The Labute approximate surface area is 196 Å². The summed E-state index contributed by atoms with van der Waals surface area (Å²) in [6, 6.07) is 10.1. The zero-order chi connectivity index (χ0) is 23.4. The number of hydrogen-bond acceptors (Lipinski definition) is 3. The Bertz CT molecular complexity index is 738. The fourth-order valence-electron chi connectivity index (χ4n) is 7.20. The SMILES string of the molecule is C[C@H](CCOC(=O)CCc1ccccc1)CC[C@@H]1[C@@]2(C)CCCC(C)(C)[C@@H]2CC[C@@]1(C)O. The number of ether oxygens (including phenoxy) is 1. The Hall–Kier alpha value is -1.35. The van der Waals surface area contributed by atoms with Gasteiger partial charge in [0, 0.05) is 6.42 Å². The van der Waals surface area contributed by atoms with E-state index in [9.17, 15) is 9.90 Å². The fourth-order valence-corrected chi connectivity index (χ4v) is 7.20. The molecular formula is C29H46O3. The molecular weight excluding hydrogens is 396 g/mol. The number of aryl methyl sites for hydroxylation is 1. The quantitative estimate of drug-likeness (QED) is 0.420. The van der Waals surface area contributed by atoms with E-state index >= 15 is 0 Å². The molecule has 0 saturated heterocycles. The van der Waals surface area contributed by atoms with Crippen LogP contribution in [0.25, 0.3) is 0 Å². The number of fused-ring (bicyclic) bond motifs is 1. The maximum Gasteiger partial charge on any atom is 0.306 e. The van der Waals surface area contributed by atoms with Gasteiger partial charge in [0.2, 0.25) is 0 Å². The summed E-state index contributed by atoms with van der Waals surface area (Å²) in [5, 5.41) is 11.4. The van der Waals surface area contributed by atoms with Gasteiger partial charge in [-0.2, -0.15) is 0 Å². The molecule has 1 aromatic carbocycles. The van der Waals surface area contributed by atoms with Crippen LogP contribution >= 0.6 is 0 Å². The second-order valence-electron chi connectivity index (χ2n) is 12.0. The Balaban J connectivity index is 1.45. The minimum atomic E-state index is -0.567. The maximum absolute atomic E-state index is 12.1. The van der Waals surface area contributed by atoms with Gasteiger partial charge in [-0.3, -0.25) is 4.79 Å². The molecule has 0 heterocycles. The minimum absolute atomic E-state index is 0.101. The zero-order valence-electron chi connectivity index (χ0n) is 21.2. The molecule has 0 unspecified atom stereocenters. The lowest BCUT2D eigenvalue weighted by Crippen LogP contribution is -2.57. The van der Waals surface area contributed by atoms with E-state index in [0.29, 0.717) is 36.2 Å². The van der Waals surface area contributed by atoms with E-state index in [2.05, 4.69) is 34.6 Å². The highest BCUT2D eigenvalue weighted by molar-refractivity contribution is 5.69. The number of esters is 1. The first-order chi connectivity index (χ1) is 15.0. The number of carbonyl (C=O) groups is 1. The molecule has 0 aromatic heterocycles. The number of carbonyl (C=O) groups excluding carboxylic acids is 1. The standard InChI is InChI=1S/C29H46O3/c1-22(17-21-32-26(30)15-13-23-10-7-6-8-11-23)12-14-25-28(4)19-9-18-27(2,3)24(28)16-20-29(25,5)31/h6-8,10-11,22,24-25,31H,9,12-21H2,1-5H3/t22-,24-,25+,28-,29+/m0/s1. The Morgan fingerprint density at radius 1 is 1.09 bits per heavy atom. The third kappa shape index (κ3) is 5.95. The van der Waals surface area contributed by atoms with E-state index in [1.54, 1.807) is 0 Å². The number of aliphatic hydroxyl groups is 1. The molecule has 2 aliphatic rings. The summed E-state index contributed by atoms with van der Waals surface area (Å²) >= 11 is 0. The molecule has 0 amide bonds. The fraction of sp³-hybridized carbons (Fsp3) is 0.759. The minimum Gasteiger partial charge on any atom is -0.466 e. The van der Waals surface area contributed by atoms with Crippen LogP contribution in [-0.4, -0.2) is 23.3 Å². The summed E-state index contributed by atoms with van der Waals surface area (Å²) in [5.74, 6) is 1.45. The molecule has 0 aliphatic heterocycles. The molecule has 2 fully saturated rings. The average molecular weight is 443 g/mol. The molecule has 2 aliphatic carbocycles. The Morgan fingerprint density at radius 3 is 2.53 bits per heavy atom. The van der Waals surface area contributed by atoms with Crippen molar-refractivity contribution in [3.05, 3.63) is 35.9 Å². The van der Waals surface area contributed by atoms with Crippen LogP contribution < -0.4 is 0 Å². The lowest BCUT2D eigenvalue weighted by molar-refractivity contribution is -0.170. The topological polar surface area (TPSA) is 46.5 Å². The van der Waals surface area contributed by atoms with Crippen LogP contribution in [0, 0.1) is 28.6 Å². The second-order valence-corrected chi connectivity index (χ2v) is 12.0. The first kappa shape index (κ1) is 25.3. The van der Waals surface area contributed by atoms with Gasteiger partial charge >= 0.3 is 5.97 Å². The van der Waals surface area contributed by atoms with Crippen molar-refractivity contribution in [2.24, 2.45) is 28.6 Å². The first-order valence-corrected chi connectivity index (χ1v) is 13.0. The van der Waals surface area contributed by atoms with E-state index in [0.717, 1.165) is 38.5 Å². The molecule has 5 atom stereocenters. The highest BCUT2D eigenvalue weighted by Crippen LogP contribution is 2.63. The van der Waals surface area contributed by atoms with E-state index in [1.807, 2.05) is 30.3 Å². The molecule has 1 aromatic rings. The molecule has 1 N–H and O–H groups in total. The molecule has 32 heavy (non-hydrogen) atoms. The van der Waals surface area contributed by atoms with Crippen molar-refractivity contribution in [2.45, 2.75) is 104 Å². The van der Waals surface area contributed by atoms with Crippen molar-refractivity contribution in [1.82, 2.24) is 0 Å². The van der Waals surface area contributed by atoms with Crippen molar-refractivity contribution in [3.8, 4) is 0 Å². The lowest BCUT2D eigenvalue weighted by Gasteiger charge is -2.61. The van der Waals surface area contributed by atoms with Gasteiger partial charge in [0.25, 0.3) is 0 Å². The Kier molecular flexibility index (Phi) is 8.12. The Morgan fingerprint density at radius 2 is 1.81 bits per heavy atom. The van der Waals surface area contributed by atoms with Crippen molar-refractivity contribution in [2.75, 3.05) is 6.61 Å². The van der Waals surface area contributed by atoms with Crippen LogP contribution in [0.2, 0.25) is 0 Å². The summed E-state index contributed by atoms with van der Waals surface area (Å²) in [6.07, 6.45) is 10.2. The zero-order valence-corrected chi connectivity index (χ0v) is 21.2. The third-order valence-electron chi connectivity index (χ3n) is 9.04. The van der Waals surface area contributed by atoms with Crippen LogP contribution in [0.15, 0.2) is 30.3 Å². The molecule has 0 bridgehead atoms. The van der Waals surface area contributed by atoms with E-state index in [1.165, 1.54) is 24.8 Å². The smallest absolute Gasteiger partial charge is 0.306 e. The maximum atomic E-state index is 12.1. The highest BCUT2D eigenvalue weighted by atomic mass is 16.5. The van der Waals surface area contributed by atoms with Crippen LogP contribution in [0.4, 0.5) is 0 Å². The van der Waals surface area contributed by atoms with Gasteiger partial charge in [0.05, 0.1) is 12.2 Å². The number of hydrogen-bond donors (Lipinski definition) is 1. The largest absolute Gasteiger partial charge is 0.466 e. The third-order valence-corrected chi connectivity index (χ3v) is 9.04. The van der Waals surface area contributed by atoms with Crippen LogP contribution in [0.5, 0.6) is 0 Å². The molecule has 0 radical (unpaired) electrons. The molecule has 0 spiro atoms. The molecule has 3 heteroatoms. The molecule has 3 nitrogen and oxygen atoms in total. The van der Waals surface area contributed by atoms with E-state index in [4.69, 9.17) is 4.74 Å². The van der Waals surface area contributed by atoms with Crippen LogP contribution in [0.3, 0.4) is 0 Å². The second kappa shape index (κ2) is 10.3. The van der Waals surface area contributed by atoms with Crippen molar-refractivity contribution >= 4 is 5.97 Å². The van der Waals surface area contributed by atoms with Gasteiger partial charge in [-0.05, 0) is 86.0 Å². The van der Waals surface area contributed by atoms with Gasteiger partial charge in [0.1, 0.15) is 0 Å². The van der Waals surface area contributed by atoms with Gasteiger partial charge in [-0.25, -0.2) is 0 Å². The highest BCUT2D eigenvalue weighted by Gasteiger charge is 2.57. The van der Waals surface area contributed by atoms with Crippen LogP contribution in [-0.2, 0) is 16.0 Å². The summed E-state index contributed by atoms with van der Waals surface area (Å²) in [4.78, 5) is 12.1. The van der Waals surface area contributed by atoms with Gasteiger partial charge < -0.3 is 9.84 Å². The summed E-state index contributed by atoms with van der Waals surface area (Å²) in [6.45, 7) is 12.2. The predicted molar refractivity (Wildman–Crippen MR) is 131 cm³/mol. The van der Waals surface area contributed by atoms with Gasteiger partial charge in [-0.1, -0.05) is 70.9 Å². The first-order valence-electron chi connectivity index (χ1n) is 13.0. The van der Waals surface area contributed by atoms with Crippen molar-refractivity contribution in [1.29, 1.82) is 0 Å². The monoisotopic (exact) mass is 442 g/mol. The van der Waals surface area contributed by atoms with E-state index in [-0.39, 0.29) is 11.4 Å². The average Bonchev–Trinajstić information content (AvgIpc) is 2.71. The van der Waals surface area contributed by atoms with E-state index < -0.39 is 5.60 Å². The summed E-state index contributed by atoms with van der Waals surface area (Å²) < 4.78 is 5.51. The van der Waals surface area contributed by atoms with Crippen molar-refractivity contribution in [3.63, 3.8) is 0 Å². The molecule has 2 saturated carbocycles. The van der Waals surface area contributed by atoms with Gasteiger partial charge in [-0.15, -0.1) is 0 Å². The van der Waals surface area contributed by atoms with Crippen LogP contribution in [0.1, 0.15) is 98.0 Å². The summed E-state index contributed by atoms with van der Waals surface area (Å²) in [7, 11) is 0. The summed E-state index contributed by atoms with van der Waals surface area (Å²) in [5.41, 5.74) is 1.21. The van der Waals surface area contributed by atoms with Gasteiger partial charge in [0.15, 0.2) is 0 Å². The predicted octanol–water partition coefficient (Wildman–Crippen LogP) is 6.96. The normalized spacial score (nSPS) is 32.7. The lowest BCUT2D eigenvalue weighted by atomic mass is 9.45.